The molecule has 2 heterocycles. The normalized spacial score (nSPS) is 12.0. The minimum Gasteiger partial charge on any atom is -0.481 e. The van der Waals surface area contributed by atoms with Crippen molar-refractivity contribution in [1.82, 2.24) is 10.3 Å². The number of ether oxygens (including phenoxy) is 1. The van der Waals surface area contributed by atoms with Crippen molar-refractivity contribution in [2.75, 3.05) is 6.54 Å². The van der Waals surface area contributed by atoms with Crippen molar-refractivity contribution >= 4 is 34.2 Å². The topological polar surface area (TPSA) is 119 Å². The van der Waals surface area contributed by atoms with Crippen LogP contribution in [0.3, 0.4) is 0 Å². The molecule has 0 spiro atoms. The van der Waals surface area contributed by atoms with E-state index in [9.17, 15) is 14.4 Å². The molecule has 3 rings (SSSR count). The van der Waals surface area contributed by atoms with Crippen LogP contribution in [0.1, 0.15) is 37.9 Å². The first-order chi connectivity index (χ1) is 14.8. The van der Waals surface area contributed by atoms with Crippen LogP contribution < -0.4 is 15.5 Å². The van der Waals surface area contributed by atoms with E-state index >= 15 is 0 Å². The summed E-state index contributed by atoms with van der Waals surface area (Å²) in [5.41, 5.74) is 2.23. The Balaban J connectivity index is 1.82. The summed E-state index contributed by atoms with van der Waals surface area (Å²) in [6.07, 6.45) is 1.53. The van der Waals surface area contributed by atoms with Gasteiger partial charge < -0.3 is 19.6 Å². The Morgan fingerprint density at radius 3 is 2.77 bits per heavy atom. The molecular formula is C22H24N2O6S. The number of thiazole rings is 1. The van der Waals surface area contributed by atoms with Gasteiger partial charge in [-0.3, -0.25) is 14.4 Å². The number of carboxylic acids is 1. The number of nitrogens with zero attached hydrogens (tertiary/aromatic N) is 1. The van der Waals surface area contributed by atoms with Gasteiger partial charge in [0.05, 0.1) is 10.9 Å². The number of rotatable bonds is 9. The van der Waals surface area contributed by atoms with E-state index in [0.29, 0.717) is 40.1 Å². The molecule has 0 fully saturated rings. The summed E-state index contributed by atoms with van der Waals surface area (Å²) >= 11 is 1.39. The Labute approximate surface area is 182 Å². The van der Waals surface area contributed by atoms with E-state index in [-0.39, 0.29) is 24.3 Å². The first-order valence-corrected chi connectivity index (χ1v) is 10.8. The molecule has 31 heavy (non-hydrogen) atoms. The molecule has 0 aliphatic heterocycles. The molecule has 1 unspecified atom stereocenters. The smallest absolute Gasteiger partial charge is 0.303 e. The number of aryl methyl sites for hydroxylation is 2. The van der Waals surface area contributed by atoms with Crippen molar-refractivity contribution in [2.24, 2.45) is 0 Å². The minimum absolute atomic E-state index is 0.0121. The van der Waals surface area contributed by atoms with Gasteiger partial charge in [0.15, 0.2) is 6.10 Å². The largest absolute Gasteiger partial charge is 0.481 e. The number of aromatic nitrogens is 1. The highest BCUT2D eigenvalue weighted by molar-refractivity contribution is 7.13. The standard InChI is InChI=1S/C22H24N2O6S/c1-4-14-8-15-18(29-10-16(20(15)27)22-24-12(2)11-31-22)9-17(14)30-13(3)21(28)23-7-5-6-19(25)26/h8-11,13H,4-7H2,1-3H3,(H,23,28)(H,25,26). The maximum absolute atomic E-state index is 13.0. The van der Waals surface area contributed by atoms with E-state index in [0.717, 1.165) is 11.3 Å². The Kier molecular flexibility index (Phi) is 7.06. The summed E-state index contributed by atoms with van der Waals surface area (Å²) in [5.74, 6) is -0.787. The van der Waals surface area contributed by atoms with E-state index in [1.807, 2.05) is 19.2 Å². The summed E-state index contributed by atoms with van der Waals surface area (Å²) in [7, 11) is 0. The molecular weight excluding hydrogens is 420 g/mol. The van der Waals surface area contributed by atoms with Crippen LogP contribution in [-0.4, -0.2) is 34.6 Å². The minimum atomic E-state index is -0.906. The van der Waals surface area contributed by atoms with E-state index in [1.54, 1.807) is 19.1 Å². The fraction of sp³-hybridized carbons (Fsp3) is 0.364. The molecule has 164 valence electrons. The van der Waals surface area contributed by atoms with Crippen molar-refractivity contribution in [3.05, 3.63) is 45.3 Å². The summed E-state index contributed by atoms with van der Waals surface area (Å²) in [6, 6.07) is 3.36. The van der Waals surface area contributed by atoms with Crippen LogP contribution in [0.2, 0.25) is 0 Å². The van der Waals surface area contributed by atoms with Gasteiger partial charge in [0, 0.05) is 30.1 Å². The highest BCUT2D eigenvalue weighted by Crippen LogP contribution is 2.29. The lowest BCUT2D eigenvalue weighted by Gasteiger charge is -2.17. The van der Waals surface area contributed by atoms with Crippen LogP contribution in [0, 0.1) is 6.92 Å². The van der Waals surface area contributed by atoms with Gasteiger partial charge in [0.25, 0.3) is 5.91 Å². The van der Waals surface area contributed by atoms with E-state index in [1.165, 1.54) is 17.6 Å². The molecule has 2 N–H and O–H groups in total. The molecule has 1 aromatic carbocycles. The Morgan fingerprint density at radius 2 is 2.13 bits per heavy atom. The molecule has 8 nitrogen and oxygen atoms in total. The van der Waals surface area contributed by atoms with Gasteiger partial charge >= 0.3 is 5.97 Å². The van der Waals surface area contributed by atoms with Crippen molar-refractivity contribution < 1.29 is 23.8 Å². The number of benzene rings is 1. The molecule has 0 aliphatic rings. The van der Waals surface area contributed by atoms with Gasteiger partial charge in [-0.05, 0) is 38.3 Å². The van der Waals surface area contributed by atoms with Crippen molar-refractivity contribution in [3.8, 4) is 16.3 Å². The molecule has 1 amide bonds. The average Bonchev–Trinajstić information content (AvgIpc) is 3.16. The second kappa shape index (κ2) is 9.74. The van der Waals surface area contributed by atoms with Crippen molar-refractivity contribution in [1.29, 1.82) is 0 Å². The molecule has 0 aliphatic carbocycles. The number of carbonyl (C=O) groups is 2. The van der Waals surface area contributed by atoms with Crippen LogP contribution in [-0.2, 0) is 16.0 Å². The van der Waals surface area contributed by atoms with Crippen LogP contribution in [0.4, 0.5) is 0 Å². The Morgan fingerprint density at radius 1 is 1.35 bits per heavy atom. The van der Waals surface area contributed by atoms with Gasteiger partial charge in [-0.15, -0.1) is 11.3 Å². The number of aliphatic carboxylic acids is 1. The second-order valence-electron chi connectivity index (χ2n) is 7.13. The van der Waals surface area contributed by atoms with Crippen LogP contribution in [0.25, 0.3) is 21.5 Å². The van der Waals surface area contributed by atoms with Gasteiger partial charge in [0.2, 0.25) is 5.43 Å². The molecule has 0 saturated carbocycles. The zero-order valence-electron chi connectivity index (χ0n) is 17.6. The van der Waals surface area contributed by atoms with Crippen LogP contribution >= 0.6 is 11.3 Å². The Hall–Kier alpha value is -3.20. The zero-order chi connectivity index (χ0) is 22.5. The first-order valence-electron chi connectivity index (χ1n) is 9.97. The van der Waals surface area contributed by atoms with Gasteiger partial charge in [-0.25, -0.2) is 4.98 Å². The summed E-state index contributed by atoms with van der Waals surface area (Å²) < 4.78 is 11.5. The molecule has 1 atom stereocenters. The lowest BCUT2D eigenvalue weighted by molar-refractivity contribution is -0.137. The van der Waals surface area contributed by atoms with Crippen LogP contribution in [0.15, 0.2) is 33.0 Å². The number of hydrogen-bond donors (Lipinski definition) is 2. The zero-order valence-corrected chi connectivity index (χ0v) is 18.4. The van der Waals surface area contributed by atoms with Crippen molar-refractivity contribution in [2.45, 2.75) is 46.1 Å². The third kappa shape index (κ3) is 5.29. The fourth-order valence-corrected chi connectivity index (χ4v) is 3.85. The first kappa shape index (κ1) is 22.5. The van der Waals surface area contributed by atoms with E-state index in [2.05, 4.69) is 10.3 Å². The van der Waals surface area contributed by atoms with Gasteiger partial charge in [0.1, 0.15) is 22.6 Å². The third-order valence-corrected chi connectivity index (χ3v) is 5.72. The quantitative estimate of drug-likeness (QED) is 0.485. The number of carboxylic acid groups (broad SMARTS) is 1. The lowest BCUT2D eigenvalue weighted by Crippen LogP contribution is -2.37. The highest BCUT2D eigenvalue weighted by atomic mass is 32.1. The third-order valence-electron chi connectivity index (χ3n) is 4.73. The van der Waals surface area contributed by atoms with Gasteiger partial charge in [-0.2, -0.15) is 0 Å². The summed E-state index contributed by atoms with van der Waals surface area (Å²) in [5, 5.41) is 14.2. The number of hydrogen-bond acceptors (Lipinski definition) is 7. The molecule has 9 heteroatoms. The average molecular weight is 445 g/mol. The predicted molar refractivity (Wildman–Crippen MR) is 118 cm³/mol. The molecule has 0 radical (unpaired) electrons. The summed E-state index contributed by atoms with van der Waals surface area (Å²) in [6.45, 7) is 5.66. The summed E-state index contributed by atoms with van der Waals surface area (Å²) in [4.78, 5) is 40.2. The maximum atomic E-state index is 13.0. The lowest BCUT2D eigenvalue weighted by atomic mass is 10.1. The Bertz CT molecular complexity index is 1170. The van der Waals surface area contributed by atoms with E-state index in [4.69, 9.17) is 14.3 Å². The SMILES string of the molecule is CCc1cc2c(=O)c(-c3nc(C)cs3)coc2cc1OC(C)C(=O)NCCCC(=O)O. The van der Waals surface area contributed by atoms with E-state index < -0.39 is 12.1 Å². The van der Waals surface area contributed by atoms with Crippen LogP contribution in [0.5, 0.6) is 5.75 Å². The number of fused-ring (bicyclic) bond motifs is 1. The monoisotopic (exact) mass is 444 g/mol. The number of amides is 1. The fourth-order valence-electron chi connectivity index (χ4n) is 3.05. The predicted octanol–water partition coefficient (Wildman–Crippen LogP) is 3.54. The molecule has 0 saturated heterocycles. The highest BCUT2D eigenvalue weighted by Gasteiger charge is 2.19. The second-order valence-corrected chi connectivity index (χ2v) is 7.99. The van der Waals surface area contributed by atoms with Gasteiger partial charge in [-0.1, -0.05) is 6.92 Å². The maximum Gasteiger partial charge on any atom is 0.303 e. The van der Waals surface area contributed by atoms with Crippen molar-refractivity contribution in [3.63, 3.8) is 0 Å². The number of carbonyl (C=O) groups excluding carboxylic acids is 1. The molecule has 2 aromatic heterocycles. The number of nitrogens with one attached hydrogen (secondary N) is 1. The molecule has 3 aromatic rings. The molecule has 0 bridgehead atoms.